The highest BCUT2D eigenvalue weighted by Gasteiger charge is 2.29. The van der Waals surface area contributed by atoms with Gasteiger partial charge in [-0.05, 0) is 31.2 Å². The first-order chi connectivity index (χ1) is 11.7. The van der Waals surface area contributed by atoms with Crippen LogP contribution in [-0.2, 0) is 9.53 Å². The summed E-state index contributed by atoms with van der Waals surface area (Å²) in [5, 5.41) is 3.28. The highest BCUT2D eigenvalue weighted by Crippen LogP contribution is 2.28. The average Bonchev–Trinajstić information content (AvgIpc) is 3.10. The van der Waals surface area contributed by atoms with Crippen molar-refractivity contribution in [3.05, 3.63) is 35.9 Å². The van der Waals surface area contributed by atoms with E-state index < -0.39 is 0 Å². The van der Waals surface area contributed by atoms with Gasteiger partial charge in [-0.15, -0.1) is 0 Å². The molecule has 1 aromatic rings. The van der Waals surface area contributed by atoms with Crippen LogP contribution in [0.4, 0.5) is 0 Å². The van der Waals surface area contributed by atoms with E-state index in [-0.39, 0.29) is 18.0 Å². The number of hydrogen-bond donors (Lipinski definition) is 1. The topological polar surface area (TPSA) is 41.6 Å². The molecular weight excluding hydrogens is 300 g/mol. The normalized spacial score (nSPS) is 22.2. The second kappa shape index (κ2) is 8.63. The number of ether oxygens (including phenoxy) is 1. The quantitative estimate of drug-likeness (QED) is 0.871. The average molecular weight is 330 g/mol. The largest absolute Gasteiger partial charge is 0.379 e. The number of nitrogens with zero attached hydrogens (tertiary/aromatic N) is 1. The summed E-state index contributed by atoms with van der Waals surface area (Å²) in [6, 6.07) is 10.8. The summed E-state index contributed by atoms with van der Waals surface area (Å²) in [5.74, 6) is 0.805. The van der Waals surface area contributed by atoms with E-state index in [9.17, 15) is 4.79 Å². The van der Waals surface area contributed by atoms with Gasteiger partial charge >= 0.3 is 0 Å². The Balaban J connectivity index is 1.65. The second-order valence-electron chi connectivity index (χ2n) is 7.21. The highest BCUT2D eigenvalue weighted by molar-refractivity contribution is 5.76. The number of nitrogens with one attached hydrogen (secondary N) is 1. The summed E-state index contributed by atoms with van der Waals surface area (Å²) in [5.41, 5.74) is 1.27. The summed E-state index contributed by atoms with van der Waals surface area (Å²) in [6.45, 7) is 5.52. The zero-order valence-corrected chi connectivity index (χ0v) is 14.7. The molecule has 0 aromatic heterocycles. The zero-order chi connectivity index (χ0) is 16.8. The third kappa shape index (κ3) is 4.58. The Morgan fingerprint density at radius 3 is 2.54 bits per heavy atom. The molecule has 1 saturated carbocycles. The van der Waals surface area contributed by atoms with E-state index in [2.05, 4.69) is 41.4 Å². The molecule has 1 aromatic carbocycles. The number of amides is 1. The van der Waals surface area contributed by atoms with Gasteiger partial charge in [0.15, 0.2) is 0 Å². The van der Waals surface area contributed by atoms with E-state index >= 15 is 0 Å². The van der Waals surface area contributed by atoms with E-state index in [1.165, 1.54) is 31.2 Å². The fraction of sp³-hybridized carbons (Fsp3) is 0.650. The lowest BCUT2D eigenvalue weighted by molar-refractivity contribution is -0.123. The molecule has 132 valence electrons. The summed E-state index contributed by atoms with van der Waals surface area (Å²) in [7, 11) is 0. The van der Waals surface area contributed by atoms with Crippen molar-refractivity contribution in [3.63, 3.8) is 0 Å². The molecule has 0 spiro atoms. The van der Waals surface area contributed by atoms with Gasteiger partial charge in [-0.1, -0.05) is 43.2 Å². The fourth-order valence-electron chi connectivity index (χ4n) is 4.19. The summed E-state index contributed by atoms with van der Waals surface area (Å²) < 4.78 is 5.51. The predicted molar refractivity (Wildman–Crippen MR) is 95.8 cm³/mol. The van der Waals surface area contributed by atoms with Crippen LogP contribution in [0.5, 0.6) is 0 Å². The van der Waals surface area contributed by atoms with Crippen LogP contribution in [0.15, 0.2) is 30.3 Å². The van der Waals surface area contributed by atoms with Crippen molar-refractivity contribution in [2.45, 2.75) is 51.1 Å². The van der Waals surface area contributed by atoms with E-state index in [0.29, 0.717) is 12.3 Å². The Morgan fingerprint density at radius 1 is 1.21 bits per heavy atom. The molecule has 1 saturated heterocycles. The number of carbonyl (C=O) groups is 1. The monoisotopic (exact) mass is 330 g/mol. The van der Waals surface area contributed by atoms with Gasteiger partial charge < -0.3 is 10.1 Å². The molecule has 1 amide bonds. The number of carbonyl (C=O) groups excluding carboxylic acids is 1. The van der Waals surface area contributed by atoms with Crippen molar-refractivity contribution >= 4 is 5.91 Å². The van der Waals surface area contributed by atoms with Gasteiger partial charge in [0.2, 0.25) is 5.91 Å². The van der Waals surface area contributed by atoms with Crippen LogP contribution in [0, 0.1) is 5.92 Å². The molecule has 3 rings (SSSR count). The van der Waals surface area contributed by atoms with Gasteiger partial charge in [-0.2, -0.15) is 0 Å². The van der Waals surface area contributed by atoms with Gasteiger partial charge in [-0.3, -0.25) is 9.69 Å². The van der Waals surface area contributed by atoms with Gasteiger partial charge in [0.1, 0.15) is 0 Å². The minimum absolute atomic E-state index is 0.0967. The van der Waals surface area contributed by atoms with Crippen LogP contribution in [-0.4, -0.2) is 43.2 Å². The first kappa shape index (κ1) is 17.4. The molecule has 0 unspecified atom stereocenters. The van der Waals surface area contributed by atoms with Crippen LogP contribution in [0.2, 0.25) is 0 Å². The van der Waals surface area contributed by atoms with E-state index in [1.807, 2.05) is 6.07 Å². The van der Waals surface area contributed by atoms with Crippen LogP contribution < -0.4 is 5.32 Å². The van der Waals surface area contributed by atoms with Crippen LogP contribution in [0.25, 0.3) is 0 Å². The molecule has 24 heavy (non-hydrogen) atoms. The molecule has 1 aliphatic heterocycles. The minimum atomic E-state index is 0.0967. The molecule has 0 radical (unpaired) electrons. The lowest BCUT2D eigenvalue weighted by Gasteiger charge is -2.38. The Morgan fingerprint density at radius 2 is 1.88 bits per heavy atom. The maximum absolute atomic E-state index is 12.5. The number of rotatable bonds is 6. The number of hydrogen-bond acceptors (Lipinski definition) is 3. The van der Waals surface area contributed by atoms with E-state index in [4.69, 9.17) is 4.74 Å². The van der Waals surface area contributed by atoms with Gasteiger partial charge in [0.05, 0.1) is 19.3 Å². The molecule has 1 heterocycles. The summed E-state index contributed by atoms with van der Waals surface area (Å²) >= 11 is 0. The maximum Gasteiger partial charge on any atom is 0.220 e. The SMILES string of the molecule is C[C@H](NC(=O)CC1CCCC1)[C@@H](c1ccccc1)N1CCOCC1. The lowest BCUT2D eigenvalue weighted by Crippen LogP contribution is -2.48. The third-order valence-corrected chi connectivity index (χ3v) is 5.39. The Hall–Kier alpha value is -1.39. The third-order valence-electron chi connectivity index (χ3n) is 5.39. The molecular formula is C20H30N2O2. The Bertz CT molecular complexity index is 508. The van der Waals surface area contributed by atoms with Crippen molar-refractivity contribution < 1.29 is 9.53 Å². The molecule has 1 N–H and O–H groups in total. The molecule has 1 aliphatic carbocycles. The smallest absolute Gasteiger partial charge is 0.220 e. The van der Waals surface area contributed by atoms with E-state index in [0.717, 1.165) is 26.3 Å². The van der Waals surface area contributed by atoms with E-state index in [1.54, 1.807) is 0 Å². The lowest BCUT2D eigenvalue weighted by atomic mass is 9.97. The predicted octanol–water partition coefficient (Wildman–Crippen LogP) is 3.14. The number of benzene rings is 1. The first-order valence-corrected chi connectivity index (χ1v) is 9.40. The molecule has 2 atom stereocenters. The van der Waals surface area contributed by atoms with Crippen LogP contribution in [0.1, 0.15) is 50.6 Å². The first-order valence-electron chi connectivity index (χ1n) is 9.40. The van der Waals surface area contributed by atoms with Crippen molar-refractivity contribution in [3.8, 4) is 0 Å². The highest BCUT2D eigenvalue weighted by atomic mass is 16.5. The van der Waals surface area contributed by atoms with Gasteiger partial charge in [0, 0.05) is 25.6 Å². The second-order valence-corrected chi connectivity index (χ2v) is 7.21. The number of morpholine rings is 1. The van der Waals surface area contributed by atoms with Gasteiger partial charge in [-0.25, -0.2) is 0 Å². The molecule has 4 heteroatoms. The summed E-state index contributed by atoms with van der Waals surface area (Å²) in [4.78, 5) is 14.9. The van der Waals surface area contributed by atoms with Gasteiger partial charge in [0.25, 0.3) is 0 Å². The Labute approximate surface area is 145 Å². The van der Waals surface area contributed by atoms with Crippen LogP contribution in [0.3, 0.4) is 0 Å². The Kier molecular flexibility index (Phi) is 6.27. The van der Waals surface area contributed by atoms with Crippen molar-refractivity contribution in [2.75, 3.05) is 26.3 Å². The fourth-order valence-corrected chi connectivity index (χ4v) is 4.19. The van der Waals surface area contributed by atoms with Crippen LogP contribution >= 0.6 is 0 Å². The molecule has 2 fully saturated rings. The zero-order valence-electron chi connectivity index (χ0n) is 14.7. The maximum atomic E-state index is 12.5. The van der Waals surface area contributed by atoms with Crippen molar-refractivity contribution in [1.29, 1.82) is 0 Å². The van der Waals surface area contributed by atoms with Crippen molar-refractivity contribution in [1.82, 2.24) is 10.2 Å². The minimum Gasteiger partial charge on any atom is -0.379 e. The summed E-state index contributed by atoms with van der Waals surface area (Å²) in [6.07, 6.45) is 5.69. The van der Waals surface area contributed by atoms with Crippen molar-refractivity contribution in [2.24, 2.45) is 5.92 Å². The standard InChI is InChI=1S/C20H30N2O2/c1-16(21-19(23)15-17-7-5-6-8-17)20(18-9-3-2-4-10-18)22-11-13-24-14-12-22/h2-4,9-10,16-17,20H,5-8,11-15H2,1H3,(H,21,23)/t16-,20-/m0/s1. The molecule has 2 aliphatic rings. The molecule has 0 bridgehead atoms. The molecule has 4 nitrogen and oxygen atoms in total.